The summed E-state index contributed by atoms with van der Waals surface area (Å²) in [5.41, 5.74) is 0.556. The van der Waals surface area contributed by atoms with Crippen LogP contribution in [0, 0.1) is 5.82 Å². The van der Waals surface area contributed by atoms with Crippen LogP contribution in [0.3, 0.4) is 0 Å². The summed E-state index contributed by atoms with van der Waals surface area (Å²) in [6, 6.07) is 12.1. The molecular weight excluding hydrogens is 333 g/mol. The Hall–Kier alpha value is -2.73. The second-order valence-electron chi connectivity index (χ2n) is 5.20. The van der Waals surface area contributed by atoms with Crippen molar-refractivity contribution in [1.29, 1.82) is 0 Å². The number of halogens is 2. The summed E-state index contributed by atoms with van der Waals surface area (Å²) in [4.78, 5) is 28.3. The molecule has 1 unspecified atom stereocenters. The Morgan fingerprint density at radius 1 is 1.21 bits per heavy atom. The van der Waals surface area contributed by atoms with Crippen molar-refractivity contribution in [3.8, 4) is 0 Å². The van der Waals surface area contributed by atoms with Gasteiger partial charge in [0.05, 0.1) is 18.0 Å². The van der Waals surface area contributed by atoms with Gasteiger partial charge in [0, 0.05) is 5.02 Å². The second kappa shape index (κ2) is 6.80. The molecule has 122 valence electrons. The van der Waals surface area contributed by atoms with E-state index in [2.05, 4.69) is 15.6 Å². The minimum Gasteiger partial charge on any atom is -0.296 e. The molecule has 0 bridgehead atoms. The molecule has 0 saturated heterocycles. The van der Waals surface area contributed by atoms with Gasteiger partial charge in [-0.3, -0.25) is 20.2 Å². The predicted octanol–water partition coefficient (Wildman–Crippen LogP) is 2.83. The van der Waals surface area contributed by atoms with Crippen molar-refractivity contribution in [1.82, 2.24) is 10.6 Å². The zero-order chi connectivity index (χ0) is 17.1. The summed E-state index contributed by atoms with van der Waals surface area (Å²) in [6.45, 7) is 0. The second-order valence-corrected chi connectivity index (χ2v) is 5.61. The molecule has 24 heavy (non-hydrogen) atoms. The summed E-state index contributed by atoms with van der Waals surface area (Å²) in [5, 5.41) is 5.38. The molecule has 2 N–H and O–H groups in total. The summed E-state index contributed by atoms with van der Waals surface area (Å²) >= 11 is 6.14. The SMILES string of the molecule is O=C1CC(c2ccccc2Cl)N=C(NC(=O)c2ccccc2F)N1. The molecule has 1 aliphatic heterocycles. The van der Waals surface area contributed by atoms with Gasteiger partial charge in [-0.2, -0.15) is 0 Å². The van der Waals surface area contributed by atoms with E-state index in [0.29, 0.717) is 10.6 Å². The molecule has 1 atom stereocenters. The molecule has 0 radical (unpaired) electrons. The van der Waals surface area contributed by atoms with Crippen LogP contribution in [0.4, 0.5) is 4.39 Å². The minimum atomic E-state index is -0.688. The number of benzene rings is 2. The van der Waals surface area contributed by atoms with Gasteiger partial charge in [-0.05, 0) is 23.8 Å². The van der Waals surface area contributed by atoms with E-state index in [0.717, 1.165) is 0 Å². The third-order valence-corrected chi connectivity index (χ3v) is 3.88. The number of rotatable bonds is 2. The Balaban J connectivity index is 1.85. The Labute approximate surface area is 142 Å². The molecule has 0 spiro atoms. The normalized spacial score (nSPS) is 17.0. The molecule has 2 aromatic carbocycles. The van der Waals surface area contributed by atoms with Crippen LogP contribution in [-0.4, -0.2) is 17.8 Å². The van der Waals surface area contributed by atoms with E-state index in [1.807, 2.05) is 0 Å². The van der Waals surface area contributed by atoms with Gasteiger partial charge in [-0.25, -0.2) is 9.38 Å². The summed E-state index contributed by atoms with van der Waals surface area (Å²) in [7, 11) is 0. The molecule has 5 nitrogen and oxygen atoms in total. The van der Waals surface area contributed by atoms with Crippen LogP contribution in [0.5, 0.6) is 0 Å². The third kappa shape index (κ3) is 3.44. The monoisotopic (exact) mass is 345 g/mol. The van der Waals surface area contributed by atoms with E-state index in [9.17, 15) is 14.0 Å². The first-order chi connectivity index (χ1) is 11.5. The number of guanidine groups is 1. The van der Waals surface area contributed by atoms with Crippen LogP contribution in [0.1, 0.15) is 28.4 Å². The van der Waals surface area contributed by atoms with Gasteiger partial charge in [-0.15, -0.1) is 0 Å². The van der Waals surface area contributed by atoms with E-state index in [-0.39, 0.29) is 23.9 Å². The Kier molecular flexibility index (Phi) is 4.57. The molecule has 7 heteroatoms. The summed E-state index contributed by atoms with van der Waals surface area (Å²) in [5.74, 6) is -1.67. The van der Waals surface area contributed by atoms with Gasteiger partial charge >= 0.3 is 0 Å². The van der Waals surface area contributed by atoms with Crippen LogP contribution in [0.15, 0.2) is 53.5 Å². The zero-order valence-corrected chi connectivity index (χ0v) is 13.2. The largest absolute Gasteiger partial charge is 0.296 e. The molecule has 1 heterocycles. The van der Waals surface area contributed by atoms with Gasteiger partial charge in [0.2, 0.25) is 11.9 Å². The minimum absolute atomic E-state index is 0.0237. The van der Waals surface area contributed by atoms with Gasteiger partial charge in [0.15, 0.2) is 0 Å². The average Bonchev–Trinajstić information content (AvgIpc) is 2.55. The number of nitrogens with one attached hydrogen (secondary N) is 2. The number of hydrogen-bond acceptors (Lipinski definition) is 3. The molecular formula is C17H13ClFN3O2. The average molecular weight is 346 g/mol. The molecule has 2 aromatic rings. The molecule has 3 rings (SSSR count). The zero-order valence-electron chi connectivity index (χ0n) is 12.4. The highest BCUT2D eigenvalue weighted by Gasteiger charge is 2.25. The lowest BCUT2D eigenvalue weighted by molar-refractivity contribution is -0.120. The molecule has 1 aliphatic rings. The Bertz CT molecular complexity index is 838. The van der Waals surface area contributed by atoms with Crippen molar-refractivity contribution < 1.29 is 14.0 Å². The van der Waals surface area contributed by atoms with Crippen molar-refractivity contribution >= 4 is 29.4 Å². The van der Waals surface area contributed by atoms with E-state index >= 15 is 0 Å². The first-order valence-electron chi connectivity index (χ1n) is 7.22. The quantitative estimate of drug-likeness (QED) is 0.878. The molecule has 0 aliphatic carbocycles. The molecule has 2 amide bonds. The van der Waals surface area contributed by atoms with Crippen LogP contribution in [-0.2, 0) is 4.79 Å². The standard InChI is InChI=1S/C17H13ClFN3O2/c18-12-7-3-1-5-10(12)14-9-15(23)21-17(20-14)22-16(24)11-6-2-4-8-13(11)19/h1-8,14H,9H2,(H2,20,21,22,23,24). The van der Waals surface area contributed by atoms with E-state index < -0.39 is 17.8 Å². The first-order valence-corrected chi connectivity index (χ1v) is 7.60. The number of aliphatic imine (C=N–C) groups is 1. The summed E-state index contributed by atoms with van der Waals surface area (Å²) in [6.07, 6.45) is 0.114. The van der Waals surface area contributed by atoms with Crippen LogP contribution in [0.2, 0.25) is 5.02 Å². The number of nitrogens with zero attached hydrogens (tertiary/aromatic N) is 1. The highest BCUT2D eigenvalue weighted by molar-refractivity contribution is 6.31. The molecule has 0 aromatic heterocycles. The lowest BCUT2D eigenvalue weighted by atomic mass is 10.0. The lowest BCUT2D eigenvalue weighted by Gasteiger charge is -2.22. The fraction of sp³-hybridized carbons (Fsp3) is 0.118. The number of amides is 2. The highest BCUT2D eigenvalue weighted by Crippen LogP contribution is 2.29. The Morgan fingerprint density at radius 3 is 2.67 bits per heavy atom. The van der Waals surface area contributed by atoms with Gasteiger partial charge in [0.25, 0.3) is 5.91 Å². The first kappa shape index (κ1) is 16.1. The highest BCUT2D eigenvalue weighted by atomic mass is 35.5. The topological polar surface area (TPSA) is 70.6 Å². The van der Waals surface area contributed by atoms with Crippen molar-refractivity contribution in [2.24, 2.45) is 4.99 Å². The maximum atomic E-state index is 13.7. The fourth-order valence-electron chi connectivity index (χ4n) is 2.40. The predicted molar refractivity (Wildman–Crippen MR) is 88.3 cm³/mol. The van der Waals surface area contributed by atoms with Crippen LogP contribution >= 0.6 is 11.6 Å². The van der Waals surface area contributed by atoms with Crippen LogP contribution in [0.25, 0.3) is 0 Å². The third-order valence-electron chi connectivity index (χ3n) is 3.54. The lowest BCUT2D eigenvalue weighted by Crippen LogP contribution is -2.47. The van der Waals surface area contributed by atoms with Gasteiger partial charge in [0.1, 0.15) is 5.82 Å². The summed E-state index contributed by atoms with van der Waals surface area (Å²) < 4.78 is 13.7. The molecule has 0 saturated carbocycles. The van der Waals surface area contributed by atoms with Crippen LogP contribution < -0.4 is 10.6 Å². The molecule has 0 fully saturated rings. The van der Waals surface area contributed by atoms with Crippen molar-refractivity contribution in [3.63, 3.8) is 0 Å². The smallest absolute Gasteiger partial charge is 0.260 e. The Morgan fingerprint density at radius 2 is 1.92 bits per heavy atom. The fourth-order valence-corrected chi connectivity index (χ4v) is 2.66. The van der Waals surface area contributed by atoms with Crippen molar-refractivity contribution in [2.45, 2.75) is 12.5 Å². The maximum absolute atomic E-state index is 13.7. The number of carbonyl (C=O) groups is 2. The van der Waals surface area contributed by atoms with E-state index in [4.69, 9.17) is 11.6 Å². The van der Waals surface area contributed by atoms with Crippen molar-refractivity contribution in [3.05, 3.63) is 70.5 Å². The maximum Gasteiger partial charge on any atom is 0.260 e. The van der Waals surface area contributed by atoms with Gasteiger partial charge in [-0.1, -0.05) is 41.9 Å². The van der Waals surface area contributed by atoms with Gasteiger partial charge < -0.3 is 0 Å². The van der Waals surface area contributed by atoms with E-state index in [1.165, 1.54) is 18.2 Å². The number of carbonyl (C=O) groups excluding carboxylic acids is 2. The number of hydrogen-bond donors (Lipinski definition) is 2. The van der Waals surface area contributed by atoms with Crippen molar-refractivity contribution in [2.75, 3.05) is 0 Å². The van der Waals surface area contributed by atoms with E-state index in [1.54, 1.807) is 30.3 Å².